The van der Waals surface area contributed by atoms with E-state index in [1.165, 1.54) is 0 Å². The first-order valence-corrected chi connectivity index (χ1v) is 9.35. The molecule has 1 unspecified atom stereocenters. The molecule has 2 saturated heterocycles. The second-order valence-electron chi connectivity index (χ2n) is 7.65. The van der Waals surface area contributed by atoms with E-state index in [0.29, 0.717) is 17.3 Å². The van der Waals surface area contributed by atoms with Gasteiger partial charge in [0.1, 0.15) is 5.52 Å². The highest BCUT2D eigenvalue weighted by Gasteiger charge is 2.58. The summed E-state index contributed by atoms with van der Waals surface area (Å²) >= 11 is 0. The normalized spacial score (nSPS) is 23.6. The summed E-state index contributed by atoms with van der Waals surface area (Å²) in [6, 6.07) is 8.51. The van der Waals surface area contributed by atoms with Crippen LogP contribution in [0.25, 0.3) is 11.1 Å². The summed E-state index contributed by atoms with van der Waals surface area (Å²) in [5, 5.41) is 3.41. The van der Waals surface area contributed by atoms with Gasteiger partial charge in [0.25, 0.3) is 6.01 Å². The Bertz CT molecular complexity index is 765. The lowest BCUT2D eigenvalue weighted by Gasteiger charge is -2.34. The average Bonchev–Trinajstić information content (AvgIpc) is 3.16. The number of para-hydroxylation sites is 2. The monoisotopic (exact) mass is 412 g/mol. The zero-order valence-corrected chi connectivity index (χ0v) is 16.9. The maximum atomic E-state index is 12.9. The number of fused-ring (bicyclic) bond motifs is 1. The largest absolute Gasteiger partial charge is 0.423 e. The number of piperidine rings is 1. The number of nitrogens with one attached hydrogen (secondary N) is 1. The molecule has 1 amide bonds. The van der Waals surface area contributed by atoms with Gasteiger partial charge in [0, 0.05) is 32.1 Å². The standard InChI is InChI=1S/C19H24N4O2.2ClH/c24-17(14-13-19(14)5-7-20-8-6-19)22-9-11-23(12-10-22)18-21-15-3-1-2-4-16(15)25-18;;/h1-4,14,20H,5-13H2;2*1H. The maximum absolute atomic E-state index is 12.9. The molecular weight excluding hydrogens is 387 g/mol. The molecule has 0 radical (unpaired) electrons. The molecule has 1 aliphatic carbocycles. The van der Waals surface area contributed by atoms with Crippen LogP contribution >= 0.6 is 24.8 Å². The minimum Gasteiger partial charge on any atom is -0.423 e. The van der Waals surface area contributed by atoms with Gasteiger partial charge in [-0.15, -0.1) is 24.8 Å². The molecule has 3 heterocycles. The van der Waals surface area contributed by atoms with Gasteiger partial charge in [-0.05, 0) is 49.9 Å². The first kappa shape index (κ1) is 20.2. The minimum absolute atomic E-state index is 0. The molecule has 1 aromatic carbocycles. The summed E-state index contributed by atoms with van der Waals surface area (Å²) in [6.45, 7) is 5.25. The van der Waals surface area contributed by atoms with Crippen molar-refractivity contribution in [3.8, 4) is 0 Å². The Labute approximate surface area is 171 Å². The summed E-state index contributed by atoms with van der Waals surface area (Å²) in [7, 11) is 0. The average molecular weight is 413 g/mol. The van der Waals surface area contributed by atoms with Crippen molar-refractivity contribution in [3.05, 3.63) is 24.3 Å². The van der Waals surface area contributed by atoms with Gasteiger partial charge in [0.15, 0.2) is 5.58 Å². The van der Waals surface area contributed by atoms with Gasteiger partial charge < -0.3 is 19.5 Å². The van der Waals surface area contributed by atoms with Crippen molar-refractivity contribution in [2.75, 3.05) is 44.2 Å². The number of oxazole rings is 1. The SMILES string of the molecule is Cl.Cl.O=C(C1CC12CCNCC2)N1CCN(c2nc3ccccc3o2)CC1. The minimum atomic E-state index is 0. The van der Waals surface area contributed by atoms with Crippen LogP contribution in [0.3, 0.4) is 0 Å². The molecule has 1 N–H and O–H groups in total. The first-order valence-electron chi connectivity index (χ1n) is 9.35. The summed E-state index contributed by atoms with van der Waals surface area (Å²) < 4.78 is 5.86. The molecule has 8 heteroatoms. The van der Waals surface area contributed by atoms with Crippen molar-refractivity contribution in [1.29, 1.82) is 0 Å². The van der Waals surface area contributed by atoms with E-state index in [9.17, 15) is 4.79 Å². The number of rotatable bonds is 2. The highest BCUT2D eigenvalue weighted by atomic mass is 35.5. The summed E-state index contributed by atoms with van der Waals surface area (Å²) in [4.78, 5) is 21.6. The number of piperazine rings is 1. The molecule has 1 spiro atoms. The van der Waals surface area contributed by atoms with E-state index in [2.05, 4.69) is 20.1 Å². The lowest BCUT2D eigenvalue weighted by atomic mass is 9.91. The van der Waals surface area contributed by atoms with E-state index in [0.717, 1.165) is 69.6 Å². The molecular formula is C19H26Cl2N4O2. The van der Waals surface area contributed by atoms with E-state index >= 15 is 0 Å². The first-order chi connectivity index (χ1) is 12.3. The summed E-state index contributed by atoms with van der Waals surface area (Å²) in [6.07, 6.45) is 3.41. The molecule has 1 saturated carbocycles. The van der Waals surface area contributed by atoms with E-state index < -0.39 is 0 Å². The lowest BCUT2D eigenvalue weighted by molar-refractivity contribution is -0.134. The number of anilines is 1. The van der Waals surface area contributed by atoms with E-state index in [4.69, 9.17) is 4.42 Å². The molecule has 2 aliphatic heterocycles. The molecule has 3 fully saturated rings. The number of hydrogen-bond acceptors (Lipinski definition) is 5. The zero-order valence-electron chi connectivity index (χ0n) is 15.2. The third kappa shape index (κ3) is 3.62. The van der Waals surface area contributed by atoms with E-state index in [1.807, 2.05) is 24.3 Å². The Morgan fingerprint density at radius 2 is 1.81 bits per heavy atom. The summed E-state index contributed by atoms with van der Waals surface area (Å²) in [5.74, 6) is 0.643. The van der Waals surface area contributed by atoms with Crippen molar-refractivity contribution in [3.63, 3.8) is 0 Å². The quantitative estimate of drug-likeness (QED) is 0.821. The second-order valence-corrected chi connectivity index (χ2v) is 7.65. The number of halogens is 2. The molecule has 148 valence electrons. The van der Waals surface area contributed by atoms with Crippen molar-refractivity contribution in [2.45, 2.75) is 19.3 Å². The maximum Gasteiger partial charge on any atom is 0.298 e. The van der Waals surface area contributed by atoms with Gasteiger partial charge in [-0.25, -0.2) is 0 Å². The molecule has 0 bridgehead atoms. The fraction of sp³-hybridized carbons (Fsp3) is 0.579. The number of nitrogens with zero attached hydrogens (tertiary/aromatic N) is 3. The van der Waals surface area contributed by atoms with Crippen LogP contribution in [0.15, 0.2) is 28.7 Å². The fourth-order valence-electron chi connectivity index (χ4n) is 4.51. The van der Waals surface area contributed by atoms with Crippen LogP contribution in [-0.2, 0) is 4.79 Å². The van der Waals surface area contributed by atoms with E-state index in [1.54, 1.807) is 0 Å². The van der Waals surface area contributed by atoms with Crippen molar-refractivity contribution in [2.24, 2.45) is 11.3 Å². The fourth-order valence-corrected chi connectivity index (χ4v) is 4.51. The van der Waals surface area contributed by atoms with Gasteiger partial charge >= 0.3 is 0 Å². The number of carbonyl (C=O) groups is 1. The predicted molar refractivity (Wildman–Crippen MR) is 110 cm³/mol. The zero-order chi connectivity index (χ0) is 16.9. The van der Waals surface area contributed by atoms with E-state index in [-0.39, 0.29) is 30.7 Å². The van der Waals surface area contributed by atoms with Gasteiger partial charge in [0.05, 0.1) is 0 Å². The Morgan fingerprint density at radius 1 is 1.11 bits per heavy atom. The third-order valence-corrected chi connectivity index (χ3v) is 6.23. The van der Waals surface area contributed by atoms with Gasteiger partial charge in [-0.2, -0.15) is 4.98 Å². The Kier molecular flexibility index (Phi) is 5.89. The van der Waals surface area contributed by atoms with Crippen molar-refractivity contribution >= 4 is 47.8 Å². The van der Waals surface area contributed by atoms with Gasteiger partial charge in [-0.1, -0.05) is 12.1 Å². The van der Waals surface area contributed by atoms with Crippen LogP contribution in [-0.4, -0.2) is 55.1 Å². The molecule has 6 nitrogen and oxygen atoms in total. The van der Waals surface area contributed by atoms with Crippen LogP contribution in [0.4, 0.5) is 6.01 Å². The highest BCUT2D eigenvalue weighted by Crippen LogP contribution is 2.59. The van der Waals surface area contributed by atoms with Crippen molar-refractivity contribution < 1.29 is 9.21 Å². The summed E-state index contributed by atoms with van der Waals surface area (Å²) in [5.41, 5.74) is 2.03. The Morgan fingerprint density at radius 3 is 2.52 bits per heavy atom. The molecule has 1 atom stereocenters. The second kappa shape index (κ2) is 7.86. The topological polar surface area (TPSA) is 61.6 Å². The number of hydrogen-bond donors (Lipinski definition) is 1. The number of carbonyl (C=O) groups excluding carboxylic acids is 1. The van der Waals surface area contributed by atoms with Crippen molar-refractivity contribution in [1.82, 2.24) is 15.2 Å². The molecule has 2 aromatic rings. The number of aromatic nitrogens is 1. The smallest absolute Gasteiger partial charge is 0.298 e. The number of benzene rings is 1. The molecule has 3 aliphatic rings. The predicted octanol–water partition coefficient (Wildman–Crippen LogP) is 2.71. The van der Waals surface area contributed by atoms with Crippen LogP contribution in [0, 0.1) is 11.3 Å². The third-order valence-electron chi connectivity index (χ3n) is 6.23. The molecule has 27 heavy (non-hydrogen) atoms. The Balaban J connectivity index is 0.00000105. The highest BCUT2D eigenvalue weighted by molar-refractivity contribution is 5.85. The lowest BCUT2D eigenvalue weighted by Crippen LogP contribution is -2.50. The van der Waals surface area contributed by atoms with Gasteiger partial charge in [-0.3, -0.25) is 4.79 Å². The van der Waals surface area contributed by atoms with Crippen LogP contribution in [0.2, 0.25) is 0 Å². The van der Waals surface area contributed by atoms with Crippen LogP contribution in [0.1, 0.15) is 19.3 Å². The molecule has 5 rings (SSSR count). The molecule has 1 aromatic heterocycles. The van der Waals surface area contributed by atoms with Crippen LogP contribution < -0.4 is 10.2 Å². The number of amides is 1. The van der Waals surface area contributed by atoms with Crippen LogP contribution in [0.5, 0.6) is 0 Å². The Hall–Kier alpha value is -1.50. The van der Waals surface area contributed by atoms with Gasteiger partial charge in [0.2, 0.25) is 5.91 Å².